The van der Waals surface area contributed by atoms with Gasteiger partial charge in [-0.15, -0.1) is 0 Å². The van der Waals surface area contributed by atoms with E-state index >= 15 is 0 Å². The normalized spacial score (nSPS) is 36.4. The quantitative estimate of drug-likeness (QED) is 0.0210. The van der Waals surface area contributed by atoms with Crippen molar-refractivity contribution in [1.82, 2.24) is 16.0 Å². The van der Waals surface area contributed by atoms with Crippen molar-refractivity contribution in [2.24, 2.45) is 0 Å². The lowest BCUT2D eigenvalue weighted by Gasteiger charge is -2.51. The van der Waals surface area contributed by atoms with Crippen LogP contribution in [0.5, 0.6) is 0 Å². The Kier molecular flexibility index (Phi) is 46.9. The van der Waals surface area contributed by atoms with Crippen molar-refractivity contribution in [2.45, 2.75) is 416 Å². The van der Waals surface area contributed by atoms with Gasteiger partial charge in [-0.1, -0.05) is 180 Å². The van der Waals surface area contributed by atoms with Gasteiger partial charge in [-0.3, -0.25) is 14.4 Å². The van der Waals surface area contributed by atoms with Crippen LogP contribution in [0.2, 0.25) is 0 Å². The van der Waals surface area contributed by atoms with E-state index in [4.69, 9.17) is 56.8 Å². The Morgan fingerprint density at radius 1 is 0.441 bits per heavy atom. The standard InChI is InChI=1S/C79H141N3O36/c1-5-7-9-11-13-15-17-19-20-22-24-26-28-30-32-34-54(94)82-45(46(91)33-31-29-27-25-23-21-18-16-14-12-10-8-6-2)42-107-74-63(101)62(100)68(53(41-88)112-74)114-76-64(102)70(58(96)49(37-84)109-76)115-73-56(81-44(4)90)61(99)67(52(40-87)111-73)113-75-65(103)71(59(97)50(38-85)108-75)116-77-66(104)72(60(98)51(39-86)110-77)118-79(78(105)106)35-47(92)55(80-43(3)89)69(117-79)57(95)48(93)36-83/h31,33,45-53,55-77,83-88,91-93,95-104H,5-30,32,34-42H2,1-4H3,(H,80,89)(H,81,90)(H,82,94)(H,105,106)/b33-31+/t45-,46+,47?,48+,49?,50?,51?,52?,53?,55+,56?,57+,58-,59-,60-,61+,62+,63?,64?,65?,66?,67+,68+,69?,70-,71-,72-,73-,74+,75-,76-,77-,79-/m0/s1. The molecule has 6 heterocycles. The lowest BCUT2D eigenvalue weighted by Crippen LogP contribution is -2.71. The molecule has 6 aliphatic rings. The summed E-state index contributed by atoms with van der Waals surface area (Å²) < 4.78 is 70.4. The molecule has 0 radical (unpaired) electrons. The van der Waals surface area contributed by atoms with Crippen LogP contribution in [0.4, 0.5) is 0 Å². The van der Waals surface area contributed by atoms with Crippen LogP contribution in [0.15, 0.2) is 12.2 Å². The van der Waals surface area contributed by atoms with Gasteiger partial charge in [0.2, 0.25) is 17.7 Å². The maximum Gasteiger partial charge on any atom is 0.364 e. The molecule has 688 valence electrons. The minimum absolute atomic E-state index is 0.162. The largest absolute Gasteiger partial charge is 0.477 e. The lowest BCUT2D eigenvalue weighted by molar-refractivity contribution is -0.395. The first-order valence-corrected chi connectivity index (χ1v) is 42.6. The molecule has 39 heteroatoms. The highest BCUT2D eigenvalue weighted by Crippen LogP contribution is 2.41. The molecule has 0 spiro atoms. The molecule has 0 saturated carbocycles. The average Bonchev–Trinajstić information content (AvgIpc) is 0.755. The minimum Gasteiger partial charge on any atom is -0.477 e. The lowest BCUT2D eigenvalue weighted by atomic mass is 9.88. The van der Waals surface area contributed by atoms with Crippen molar-refractivity contribution in [3.05, 3.63) is 12.2 Å². The molecule has 6 saturated heterocycles. The number of hydrogen-bond donors (Lipinski definition) is 23. The van der Waals surface area contributed by atoms with Gasteiger partial charge >= 0.3 is 5.97 Å². The number of carbonyl (C=O) groups excluding carboxylic acids is 3. The predicted octanol–water partition coefficient (Wildman–Crippen LogP) is -3.22. The van der Waals surface area contributed by atoms with E-state index in [1.165, 1.54) is 109 Å². The number of hydrogen-bond acceptors (Lipinski definition) is 35. The second-order valence-electron chi connectivity index (χ2n) is 32.1. The van der Waals surface area contributed by atoms with E-state index in [1.807, 2.05) is 6.08 Å². The summed E-state index contributed by atoms with van der Waals surface area (Å²) in [7, 11) is 0. The summed E-state index contributed by atoms with van der Waals surface area (Å²) in [5.74, 6) is -7.43. The van der Waals surface area contributed by atoms with Crippen LogP contribution in [-0.2, 0) is 76.0 Å². The summed E-state index contributed by atoms with van der Waals surface area (Å²) in [6.07, 6.45) is -26.3. The molecule has 6 rings (SSSR count). The summed E-state index contributed by atoms with van der Waals surface area (Å²) in [5.41, 5.74) is 0. The second kappa shape index (κ2) is 53.6. The molecular weight excluding hydrogens is 1570 g/mol. The zero-order chi connectivity index (χ0) is 86.8. The molecule has 118 heavy (non-hydrogen) atoms. The predicted molar refractivity (Wildman–Crippen MR) is 411 cm³/mol. The molecule has 0 aromatic heterocycles. The topological polar surface area (TPSA) is 620 Å². The van der Waals surface area contributed by atoms with Gasteiger partial charge in [0.05, 0.1) is 70.5 Å². The number of rotatable bonds is 55. The van der Waals surface area contributed by atoms with Crippen molar-refractivity contribution in [3.63, 3.8) is 0 Å². The highest BCUT2D eigenvalue weighted by molar-refractivity contribution is 5.77. The van der Waals surface area contributed by atoms with E-state index in [9.17, 15) is 121 Å². The van der Waals surface area contributed by atoms with Crippen molar-refractivity contribution in [2.75, 3.05) is 46.2 Å². The number of aliphatic hydroxyl groups is 19. The van der Waals surface area contributed by atoms with Crippen LogP contribution in [0.25, 0.3) is 0 Å². The zero-order valence-electron chi connectivity index (χ0n) is 68.6. The first kappa shape index (κ1) is 103. The maximum atomic E-state index is 13.5. The Labute approximate surface area is 689 Å². The molecule has 0 bridgehead atoms. The Morgan fingerprint density at radius 2 is 0.822 bits per heavy atom. The molecule has 0 aromatic rings. The van der Waals surface area contributed by atoms with Gasteiger partial charge in [-0.05, 0) is 19.3 Å². The van der Waals surface area contributed by atoms with Crippen LogP contribution in [-0.4, -0.2) is 374 Å². The Bertz CT molecular complexity index is 2830. The van der Waals surface area contributed by atoms with E-state index in [2.05, 4.69) is 29.8 Å². The fraction of sp³-hybridized carbons (Fsp3) is 0.924. The Morgan fingerprint density at radius 3 is 1.25 bits per heavy atom. The molecule has 39 nitrogen and oxygen atoms in total. The molecule has 3 amide bonds. The van der Waals surface area contributed by atoms with E-state index in [0.717, 1.165) is 65.2 Å². The summed E-state index contributed by atoms with van der Waals surface area (Å²) >= 11 is 0. The first-order chi connectivity index (χ1) is 56.5. The second-order valence-corrected chi connectivity index (χ2v) is 32.1. The van der Waals surface area contributed by atoms with E-state index in [1.54, 1.807) is 6.08 Å². The van der Waals surface area contributed by atoms with Crippen LogP contribution < -0.4 is 16.0 Å². The average molecular weight is 1710 g/mol. The number of aliphatic carboxylic acids is 1. The molecule has 0 aliphatic carbocycles. The summed E-state index contributed by atoms with van der Waals surface area (Å²) in [6, 6.07) is -4.67. The molecule has 6 fully saturated rings. The number of nitrogens with one attached hydrogen (secondary N) is 3. The van der Waals surface area contributed by atoms with Gasteiger partial charge in [0.1, 0.15) is 140 Å². The van der Waals surface area contributed by atoms with Crippen molar-refractivity contribution < 1.29 is 178 Å². The molecule has 12 unspecified atom stereocenters. The Hall–Kier alpha value is -3.62. The van der Waals surface area contributed by atoms with Gasteiger partial charge in [-0.25, -0.2) is 4.79 Å². The van der Waals surface area contributed by atoms with Crippen LogP contribution >= 0.6 is 0 Å². The highest BCUT2D eigenvalue weighted by Gasteiger charge is 2.62. The molecule has 0 aromatic carbocycles. The number of carbonyl (C=O) groups is 4. The van der Waals surface area contributed by atoms with Crippen LogP contribution in [0.3, 0.4) is 0 Å². The Balaban J connectivity index is 1.11. The number of ether oxygens (including phenoxy) is 12. The molecular formula is C79H141N3O36. The number of amides is 3. The number of carboxylic acids is 1. The van der Waals surface area contributed by atoms with Gasteiger partial charge in [-0.2, -0.15) is 0 Å². The van der Waals surface area contributed by atoms with Crippen LogP contribution in [0.1, 0.15) is 214 Å². The monoisotopic (exact) mass is 1710 g/mol. The third kappa shape index (κ3) is 30.3. The SMILES string of the molecule is CCCCCCCCCCCCC/C=C/[C@@H](O)[C@H](CO[C@@H]1OC(CO)[C@@H](O[C@@H]2OC(CO)[C@H](O)[C@H](O[C@@H]3OC(CO)[C@@H](O[C@@H]4OC(CO)[C@H](O)[C@H](O[C@@H]5OC(CO)[C@H](O)[C@H](O[C@]6(C(=O)O)CC(O)[C@@H](NC(C)=O)C([C@H](O)[C@H](O)CO)O6)C5O)C4O)[C@H](O)C3NC(C)=O)C2O)[C@H](O)C1O)NC(=O)CCCCCCCCCCCCCCCCC. The van der Waals surface area contributed by atoms with E-state index in [0.29, 0.717) is 12.8 Å². The van der Waals surface area contributed by atoms with Crippen LogP contribution in [0, 0.1) is 0 Å². The first-order valence-electron chi connectivity index (χ1n) is 42.6. The van der Waals surface area contributed by atoms with Crippen molar-refractivity contribution >= 4 is 23.7 Å². The summed E-state index contributed by atoms with van der Waals surface area (Å²) in [4.78, 5) is 51.8. The number of carboxylic acid groups (broad SMARTS) is 1. The molecule has 6 aliphatic heterocycles. The molecule has 33 atom stereocenters. The van der Waals surface area contributed by atoms with Gasteiger partial charge in [0.25, 0.3) is 5.79 Å². The zero-order valence-corrected chi connectivity index (χ0v) is 68.6. The number of aliphatic hydroxyl groups excluding tert-OH is 19. The van der Waals surface area contributed by atoms with Gasteiger partial charge < -0.3 is 175 Å². The number of unbranched alkanes of at least 4 members (excludes halogenated alkanes) is 25. The summed E-state index contributed by atoms with van der Waals surface area (Å²) in [5, 5.41) is 231. The van der Waals surface area contributed by atoms with Gasteiger partial charge in [0, 0.05) is 26.7 Å². The van der Waals surface area contributed by atoms with E-state index < -0.39 is 272 Å². The number of allylic oxidation sites excluding steroid dienone is 1. The molecule has 23 N–H and O–H groups in total. The van der Waals surface area contributed by atoms with Gasteiger partial charge in [0.15, 0.2) is 31.5 Å². The smallest absolute Gasteiger partial charge is 0.364 e. The van der Waals surface area contributed by atoms with Crippen molar-refractivity contribution in [3.8, 4) is 0 Å². The maximum absolute atomic E-state index is 13.5. The van der Waals surface area contributed by atoms with E-state index in [-0.39, 0.29) is 12.3 Å². The fourth-order valence-corrected chi connectivity index (χ4v) is 15.8. The minimum atomic E-state index is -3.23. The third-order valence-corrected chi connectivity index (χ3v) is 22.7. The highest BCUT2D eigenvalue weighted by atomic mass is 16.8. The fourth-order valence-electron chi connectivity index (χ4n) is 15.8. The summed E-state index contributed by atoms with van der Waals surface area (Å²) in [6.45, 7) is -0.639. The van der Waals surface area contributed by atoms with Crippen molar-refractivity contribution in [1.29, 1.82) is 0 Å². The third-order valence-electron chi connectivity index (χ3n) is 22.7.